The van der Waals surface area contributed by atoms with Gasteiger partial charge in [-0.1, -0.05) is 32.0 Å². The van der Waals surface area contributed by atoms with Crippen molar-refractivity contribution in [2.45, 2.75) is 33.6 Å². The van der Waals surface area contributed by atoms with Crippen LogP contribution in [0, 0.1) is 13.8 Å². The number of aromatic nitrogens is 1. The van der Waals surface area contributed by atoms with E-state index in [1.165, 1.54) is 11.6 Å². The topological polar surface area (TPSA) is 101 Å². The molecular weight excluding hydrogens is 498 g/mol. The number of hydrogen-bond acceptors (Lipinski definition) is 6. The Morgan fingerprint density at radius 1 is 0.947 bits per heavy atom. The maximum absolute atomic E-state index is 12.7. The van der Waals surface area contributed by atoms with Gasteiger partial charge >= 0.3 is 0 Å². The number of aromatic hydroxyl groups is 1. The number of phenols is 1. The van der Waals surface area contributed by atoms with Gasteiger partial charge in [0, 0.05) is 11.3 Å². The number of oxazole rings is 1. The third-order valence-corrected chi connectivity index (χ3v) is 6.62. The van der Waals surface area contributed by atoms with Crippen molar-refractivity contribution < 1.29 is 18.7 Å². The fraction of sp³-hybridized carbons (Fsp3) is 0.167. The molecule has 0 fully saturated rings. The molecule has 0 aliphatic carbocycles. The number of aryl methyl sites for hydroxylation is 2. The third-order valence-electron chi connectivity index (χ3n) is 6.41. The molecule has 0 atom stereocenters. The Bertz CT molecular complexity index is 1680. The molecule has 2 heterocycles. The summed E-state index contributed by atoms with van der Waals surface area (Å²) in [6, 6.07) is 20.0. The van der Waals surface area contributed by atoms with Crippen LogP contribution in [-0.4, -0.2) is 21.1 Å². The summed E-state index contributed by atoms with van der Waals surface area (Å²) in [6.07, 6.45) is 0. The minimum Gasteiger partial charge on any atom is -0.507 e. The fourth-order valence-corrected chi connectivity index (χ4v) is 4.25. The second-order valence-electron chi connectivity index (χ2n) is 9.50. The van der Waals surface area contributed by atoms with Crippen LogP contribution >= 0.6 is 12.2 Å². The first-order valence-corrected chi connectivity index (χ1v) is 12.6. The molecule has 7 nitrogen and oxygen atoms in total. The van der Waals surface area contributed by atoms with Gasteiger partial charge in [-0.2, -0.15) is 0 Å². The van der Waals surface area contributed by atoms with Crippen LogP contribution in [-0.2, 0) is 0 Å². The highest BCUT2D eigenvalue weighted by Gasteiger charge is 2.17. The first-order chi connectivity index (χ1) is 18.2. The highest BCUT2D eigenvalue weighted by molar-refractivity contribution is 7.80. The van der Waals surface area contributed by atoms with Crippen molar-refractivity contribution in [1.82, 2.24) is 10.3 Å². The minimum absolute atomic E-state index is 0.00982. The lowest BCUT2D eigenvalue weighted by Crippen LogP contribution is -2.33. The van der Waals surface area contributed by atoms with E-state index >= 15 is 0 Å². The average Bonchev–Trinajstić information content (AvgIpc) is 3.54. The summed E-state index contributed by atoms with van der Waals surface area (Å²) in [7, 11) is 0. The first kappa shape index (κ1) is 25.2. The molecule has 1 amide bonds. The molecule has 2 aromatic heterocycles. The van der Waals surface area contributed by atoms with E-state index < -0.39 is 5.91 Å². The molecule has 38 heavy (non-hydrogen) atoms. The number of carbonyl (C=O) groups is 1. The largest absolute Gasteiger partial charge is 0.507 e. The van der Waals surface area contributed by atoms with E-state index in [0.717, 1.165) is 16.7 Å². The van der Waals surface area contributed by atoms with E-state index in [1.54, 1.807) is 24.3 Å². The lowest BCUT2D eigenvalue weighted by Gasteiger charge is -2.10. The summed E-state index contributed by atoms with van der Waals surface area (Å²) < 4.78 is 11.7. The summed E-state index contributed by atoms with van der Waals surface area (Å²) in [5.74, 6) is 0.912. The maximum Gasteiger partial charge on any atom is 0.293 e. The van der Waals surface area contributed by atoms with Gasteiger partial charge in [0.25, 0.3) is 5.91 Å². The maximum atomic E-state index is 12.7. The van der Waals surface area contributed by atoms with Gasteiger partial charge in [-0.25, -0.2) is 4.98 Å². The Kier molecular flexibility index (Phi) is 6.73. The van der Waals surface area contributed by atoms with Crippen molar-refractivity contribution in [1.29, 1.82) is 0 Å². The Morgan fingerprint density at radius 2 is 1.76 bits per heavy atom. The van der Waals surface area contributed by atoms with Gasteiger partial charge in [0.2, 0.25) is 5.89 Å². The molecule has 0 radical (unpaired) electrons. The minimum atomic E-state index is -0.475. The second kappa shape index (κ2) is 10.1. The normalized spacial score (nSPS) is 11.2. The molecule has 3 aromatic carbocycles. The van der Waals surface area contributed by atoms with Crippen molar-refractivity contribution in [2.75, 3.05) is 5.32 Å². The molecule has 0 aliphatic heterocycles. The van der Waals surface area contributed by atoms with Gasteiger partial charge in [0.15, 0.2) is 16.5 Å². The number of rotatable bonds is 5. The predicted octanol–water partition coefficient (Wildman–Crippen LogP) is 7.33. The number of thiocarbonyl (C=S) groups is 1. The van der Waals surface area contributed by atoms with Crippen molar-refractivity contribution >= 4 is 40.0 Å². The van der Waals surface area contributed by atoms with Crippen molar-refractivity contribution in [2.24, 2.45) is 0 Å². The Balaban J connectivity index is 1.29. The van der Waals surface area contributed by atoms with Gasteiger partial charge in [-0.3, -0.25) is 10.1 Å². The second-order valence-corrected chi connectivity index (χ2v) is 9.91. The zero-order valence-corrected chi connectivity index (χ0v) is 22.3. The van der Waals surface area contributed by atoms with E-state index in [2.05, 4.69) is 29.5 Å². The summed E-state index contributed by atoms with van der Waals surface area (Å²) in [5, 5.41) is 16.1. The van der Waals surface area contributed by atoms with E-state index in [-0.39, 0.29) is 22.5 Å². The van der Waals surface area contributed by atoms with Crippen LogP contribution in [0.2, 0.25) is 0 Å². The predicted molar refractivity (Wildman–Crippen MR) is 153 cm³/mol. The van der Waals surface area contributed by atoms with Gasteiger partial charge in [0.05, 0.1) is 5.56 Å². The lowest BCUT2D eigenvalue weighted by atomic mass is 10.0. The number of benzene rings is 3. The third kappa shape index (κ3) is 5.17. The summed E-state index contributed by atoms with van der Waals surface area (Å²) in [5.41, 5.74) is 6.65. The van der Waals surface area contributed by atoms with Crippen LogP contribution in [0.15, 0.2) is 75.6 Å². The van der Waals surface area contributed by atoms with E-state index in [4.69, 9.17) is 21.1 Å². The average molecular weight is 526 g/mol. The van der Waals surface area contributed by atoms with Crippen LogP contribution in [0.3, 0.4) is 0 Å². The standard InChI is InChI=1S/C30H27N3O4S/c1-16(2)19-7-10-26-23(14-19)32-29(37-26)22-15-21(8-9-24(22)34)31-30(38)33-28(35)27-12-11-25(36-27)20-6-5-17(3)18(4)13-20/h5-16,34H,1-4H3,(H2,31,33,35,38). The van der Waals surface area contributed by atoms with Crippen molar-refractivity contribution in [3.63, 3.8) is 0 Å². The molecule has 0 saturated carbocycles. The van der Waals surface area contributed by atoms with Crippen LogP contribution < -0.4 is 10.6 Å². The van der Waals surface area contributed by atoms with E-state index in [0.29, 0.717) is 34.0 Å². The molecule has 5 aromatic rings. The quantitative estimate of drug-likeness (QED) is 0.163. The number of hydrogen-bond donors (Lipinski definition) is 3. The number of nitrogens with one attached hydrogen (secondary N) is 2. The number of nitrogens with zero attached hydrogens (tertiary/aromatic N) is 1. The molecule has 8 heteroatoms. The Labute approximate surface area is 225 Å². The number of anilines is 1. The first-order valence-electron chi connectivity index (χ1n) is 12.2. The van der Waals surface area contributed by atoms with E-state index in [1.807, 2.05) is 50.2 Å². The molecule has 0 aliphatic rings. The molecule has 0 bridgehead atoms. The molecule has 0 unspecified atom stereocenters. The number of furan rings is 1. The monoisotopic (exact) mass is 525 g/mol. The van der Waals surface area contributed by atoms with Gasteiger partial charge in [-0.05, 0) is 97.2 Å². The van der Waals surface area contributed by atoms with Gasteiger partial charge in [-0.15, -0.1) is 0 Å². The number of amides is 1. The SMILES string of the molecule is Cc1ccc(-c2ccc(C(=O)NC(=S)Nc3ccc(O)c(-c4nc5cc(C(C)C)ccc5o4)c3)o2)cc1C. The summed E-state index contributed by atoms with van der Waals surface area (Å²) in [6.45, 7) is 8.29. The lowest BCUT2D eigenvalue weighted by molar-refractivity contribution is 0.0951. The van der Waals surface area contributed by atoms with Crippen molar-refractivity contribution in [3.05, 3.63) is 89.2 Å². The van der Waals surface area contributed by atoms with Gasteiger partial charge < -0.3 is 19.3 Å². The van der Waals surface area contributed by atoms with Crippen LogP contribution in [0.5, 0.6) is 5.75 Å². The molecule has 0 spiro atoms. The van der Waals surface area contributed by atoms with E-state index in [9.17, 15) is 9.90 Å². The molecule has 5 rings (SSSR count). The van der Waals surface area contributed by atoms with Crippen LogP contribution in [0.1, 0.15) is 47.0 Å². The number of fused-ring (bicyclic) bond motifs is 1. The smallest absolute Gasteiger partial charge is 0.293 e. The van der Waals surface area contributed by atoms with Gasteiger partial charge in [0.1, 0.15) is 17.0 Å². The summed E-state index contributed by atoms with van der Waals surface area (Å²) >= 11 is 5.34. The Morgan fingerprint density at radius 3 is 2.53 bits per heavy atom. The van der Waals surface area contributed by atoms with Crippen LogP contribution in [0.4, 0.5) is 5.69 Å². The summed E-state index contributed by atoms with van der Waals surface area (Å²) in [4.78, 5) is 17.3. The zero-order chi connectivity index (χ0) is 27.0. The van der Waals surface area contributed by atoms with Crippen molar-refractivity contribution in [3.8, 4) is 28.5 Å². The number of phenolic OH excluding ortho intramolecular Hbond substituents is 1. The highest BCUT2D eigenvalue weighted by atomic mass is 32.1. The fourth-order valence-electron chi connectivity index (χ4n) is 4.04. The molecule has 0 saturated heterocycles. The molecule has 3 N–H and O–H groups in total. The molecular formula is C30H27N3O4S. The molecule has 192 valence electrons. The zero-order valence-electron chi connectivity index (χ0n) is 21.5. The highest BCUT2D eigenvalue weighted by Crippen LogP contribution is 2.34. The van der Waals surface area contributed by atoms with Crippen LogP contribution in [0.25, 0.3) is 33.9 Å². The Hall–Kier alpha value is -4.43. The number of carbonyl (C=O) groups excluding carboxylic acids is 1.